The summed E-state index contributed by atoms with van der Waals surface area (Å²) in [4.78, 5) is 24.5. The van der Waals surface area contributed by atoms with Crippen LogP contribution in [0.2, 0.25) is 0 Å². The number of rotatable bonds is 55. The number of aliphatic hydroxyl groups excluding tert-OH is 1. The Hall–Kier alpha value is -2.14. The van der Waals surface area contributed by atoms with E-state index in [1.165, 1.54) is 231 Å². The van der Waals surface area contributed by atoms with Gasteiger partial charge in [-0.05, 0) is 51.4 Å². The molecule has 0 aromatic rings. The second kappa shape index (κ2) is 58.2. The zero-order valence-corrected chi connectivity index (χ0v) is 44.9. The van der Waals surface area contributed by atoms with Crippen LogP contribution in [0.15, 0.2) is 48.6 Å². The Morgan fingerprint density at radius 3 is 0.970 bits per heavy atom. The van der Waals surface area contributed by atoms with E-state index in [1.54, 1.807) is 0 Å². The molecule has 0 aliphatic rings. The largest absolute Gasteiger partial charge is 0.462 e. The van der Waals surface area contributed by atoms with Gasteiger partial charge >= 0.3 is 11.9 Å². The van der Waals surface area contributed by atoms with Gasteiger partial charge in [0.05, 0.1) is 6.61 Å². The van der Waals surface area contributed by atoms with E-state index < -0.39 is 6.10 Å². The molecule has 0 fully saturated rings. The number of allylic oxidation sites excluding steroid dienone is 8. The minimum Gasteiger partial charge on any atom is -0.462 e. The van der Waals surface area contributed by atoms with Gasteiger partial charge in [0, 0.05) is 12.8 Å². The molecule has 0 heterocycles. The molecule has 0 saturated heterocycles. The molecule has 0 aliphatic carbocycles. The highest BCUT2D eigenvalue weighted by molar-refractivity contribution is 5.70. The Bertz CT molecular complexity index is 1110. The predicted molar refractivity (Wildman–Crippen MR) is 293 cm³/mol. The standard InChI is InChI=1S/C62H114O5/c1-3-5-7-9-11-13-15-17-19-21-23-25-27-28-29-30-31-32-33-34-35-37-39-41-43-45-47-49-51-53-55-57-62(65)67-60(58-63)59-66-61(64)56-54-52-50-48-46-44-42-40-38-36-26-24-22-20-18-16-14-12-10-8-6-4-2/h5,7,11,13,17,19,23,25,60,63H,3-4,6,8-10,12,14-16,18,20-22,24,26-59H2,1-2H3/b7-5-,13-11-,19-17-,25-23-. The lowest BCUT2D eigenvalue weighted by Gasteiger charge is -2.15. The molecule has 0 aliphatic heterocycles. The summed E-state index contributed by atoms with van der Waals surface area (Å²) in [5.74, 6) is -0.571. The van der Waals surface area contributed by atoms with Crippen LogP contribution in [0.5, 0.6) is 0 Å². The normalized spacial score (nSPS) is 12.5. The van der Waals surface area contributed by atoms with Crippen molar-refractivity contribution in [2.45, 2.75) is 322 Å². The summed E-state index contributed by atoms with van der Waals surface area (Å²) in [7, 11) is 0. The van der Waals surface area contributed by atoms with Crippen LogP contribution < -0.4 is 0 Å². The fourth-order valence-electron chi connectivity index (χ4n) is 8.96. The first kappa shape index (κ1) is 64.9. The third kappa shape index (κ3) is 56.3. The molecule has 0 spiro atoms. The molecule has 5 nitrogen and oxygen atoms in total. The molecule has 0 bridgehead atoms. The number of hydrogen-bond acceptors (Lipinski definition) is 5. The van der Waals surface area contributed by atoms with Crippen LogP contribution >= 0.6 is 0 Å². The topological polar surface area (TPSA) is 72.8 Å². The van der Waals surface area contributed by atoms with Gasteiger partial charge < -0.3 is 14.6 Å². The molecule has 0 saturated carbocycles. The van der Waals surface area contributed by atoms with Crippen molar-refractivity contribution in [2.24, 2.45) is 0 Å². The first-order valence-electron chi connectivity index (χ1n) is 29.7. The van der Waals surface area contributed by atoms with Gasteiger partial charge in [-0.3, -0.25) is 9.59 Å². The first-order valence-corrected chi connectivity index (χ1v) is 29.7. The average molecular weight is 940 g/mol. The van der Waals surface area contributed by atoms with Gasteiger partial charge in [-0.25, -0.2) is 0 Å². The average Bonchev–Trinajstić information content (AvgIpc) is 3.33. The van der Waals surface area contributed by atoms with Crippen molar-refractivity contribution < 1.29 is 24.2 Å². The zero-order valence-electron chi connectivity index (χ0n) is 44.9. The van der Waals surface area contributed by atoms with E-state index in [0.29, 0.717) is 12.8 Å². The van der Waals surface area contributed by atoms with Gasteiger partial charge in [0.1, 0.15) is 6.61 Å². The number of ether oxygens (including phenoxy) is 2. The number of carbonyl (C=O) groups excluding carboxylic acids is 2. The van der Waals surface area contributed by atoms with Gasteiger partial charge in [0.15, 0.2) is 6.10 Å². The van der Waals surface area contributed by atoms with Crippen LogP contribution in [0.1, 0.15) is 316 Å². The Morgan fingerprint density at radius 1 is 0.358 bits per heavy atom. The van der Waals surface area contributed by atoms with Gasteiger partial charge in [0.25, 0.3) is 0 Å². The lowest BCUT2D eigenvalue weighted by Crippen LogP contribution is -2.28. The minimum absolute atomic E-state index is 0.0602. The van der Waals surface area contributed by atoms with Gasteiger partial charge in [-0.1, -0.05) is 300 Å². The Morgan fingerprint density at radius 2 is 0.642 bits per heavy atom. The van der Waals surface area contributed by atoms with E-state index in [4.69, 9.17) is 9.47 Å². The van der Waals surface area contributed by atoms with Crippen molar-refractivity contribution in [3.05, 3.63) is 48.6 Å². The molecular formula is C62H114O5. The van der Waals surface area contributed by atoms with Crippen LogP contribution in [0.25, 0.3) is 0 Å². The van der Waals surface area contributed by atoms with E-state index in [-0.39, 0.29) is 25.2 Å². The molecule has 0 aromatic heterocycles. The molecule has 1 atom stereocenters. The summed E-state index contributed by atoms with van der Waals surface area (Å²) in [6.07, 6.45) is 76.7. The third-order valence-electron chi connectivity index (χ3n) is 13.4. The summed E-state index contributed by atoms with van der Waals surface area (Å²) in [6, 6.07) is 0. The number of esters is 2. The monoisotopic (exact) mass is 939 g/mol. The van der Waals surface area contributed by atoms with E-state index in [0.717, 1.165) is 57.8 Å². The highest BCUT2D eigenvalue weighted by Crippen LogP contribution is 2.18. The molecular weight excluding hydrogens is 825 g/mol. The maximum Gasteiger partial charge on any atom is 0.306 e. The maximum atomic E-state index is 12.3. The molecule has 0 rings (SSSR count). The lowest BCUT2D eigenvalue weighted by molar-refractivity contribution is -0.161. The third-order valence-corrected chi connectivity index (χ3v) is 13.4. The molecule has 1 N–H and O–H groups in total. The summed E-state index contributed by atoms with van der Waals surface area (Å²) in [6.45, 7) is 4.08. The second-order valence-electron chi connectivity index (χ2n) is 20.1. The fraction of sp³-hybridized carbons (Fsp3) is 0.839. The molecule has 0 aromatic carbocycles. The molecule has 392 valence electrons. The molecule has 0 radical (unpaired) electrons. The van der Waals surface area contributed by atoms with Crippen molar-refractivity contribution in [1.82, 2.24) is 0 Å². The van der Waals surface area contributed by atoms with Crippen LogP contribution in [-0.4, -0.2) is 36.4 Å². The smallest absolute Gasteiger partial charge is 0.306 e. The lowest BCUT2D eigenvalue weighted by atomic mass is 10.0. The summed E-state index contributed by atoms with van der Waals surface area (Å²) in [5.41, 5.74) is 0. The molecule has 0 amide bonds. The van der Waals surface area contributed by atoms with Crippen molar-refractivity contribution in [2.75, 3.05) is 13.2 Å². The summed E-state index contributed by atoms with van der Waals surface area (Å²) in [5, 5.41) is 9.66. The van der Waals surface area contributed by atoms with Gasteiger partial charge in [0.2, 0.25) is 0 Å². The number of hydrogen-bond donors (Lipinski definition) is 1. The van der Waals surface area contributed by atoms with Crippen molar-refractivity contribution >= 4 is 11.9 Å². The molecule has 67 heavy (non-hydrogen) atoms. The number of aliphatic hydroxyl groups is 1. The van der Waals surface area contributed by atoms with Gasteiger partial charge in [-0.2, -0.15) is 0 Å². The summed E-state index contributed by atoms with van der Waals surface area (Å²) >= 11 is 0. The Balaban J connectivity index is 3.42. The van der Waals surface area contributed by atoms with Crippen molar-refractivity contribution in [3.63, 3.8) is 0 Å². The van der Waals surface area contributed by atoms with Crippen molar-refractivity contribution in [3.8, 4) is 0 Å². The fourth-order valence-corrected chi connectivity index (χ4v) is 8.96. The van der Waals surface area contributed by atoms with Gasteiger partial charge in [-0.15, -0.1) is 0 Å². The molecule has 1 unspecified atom stereocenters. The predicted octanol–water partition coefficient (Wildman–Crippen LogP) is 20.0. The maximum absolute atomic E-state index is 12.3. The van der Waals surface area contributed by atoms with Crippen LogP contribution in [0, 0.1) is 0 Å². The van der Waals surface area contributed by atoms with E-state index in [9.17, 15) is 14.7 Å². The quantitative estimate of drug-likeness (QED) is 0.0374. The highest BCUT2D eigenvalue weighted by atomic mass is 16.6. The second-order valence-corrected chi connectivity index (χ2v) is 20.1. The Labute approximate surface area is 418 Å². The van der Waals surface area contributed by atoms with Crippen LogP contribution in [0.4, 0.5) is 0 Å². The molecule has 5 heteroatoms. The van der Waals surface area contributed by atoms with E-state index in [1.807, 2.05) is 0 Å². The number of unbranched alkanes of at least 4 members (excludes halogenated alkanes) is 39. The first-order chi connectivity index (χ1) is 33.1. The summed E-state index contributed by atoms with van der Waals surface area (Å²) < 4.78 is 10.7. The minimum atomic E-state index is -0.769. The van der Waals surface area contributed by atoms with Crippen LogP contribution in [-0.2, 0) is 19.1 Å². The zero-order chi connectivity index (χ0) is 48.5. The van der Waals surface area contributed by atoms with E-state index >= 15 is 0 Å². The number of carbonyl (C=O) groups is 2. The van der Waals surface area contributed by atoms with Crippen LogP contribution in [0.3, 0.4) is 0 Å². The Kier molecular flexibility index (Phi) is 56.3. The SMILES string of the molecule is CC/C=C\C/C=C\C/C=C\C/C=C\CCCCCCCCCCCCCCCCCCCCC(=O)OC(CO)COC(=O)CCCCCCCCCCCCCCCCCCCCCCCC. The highest BCUT2D eigenvalue weighted by Gasteiger charge is 2.16. The van der Waals surface area contributed by atoms with Crippen molar-refractivity contribution in [1.29, 1.82) is 0 Å². The van der Waals surface area contributed by atoms with E-state index in [2.05, 4.69) is 62.5 Å².